The number of ether oxygens (including phenoxy) is 2. The van der Waals surface area contributed by atoms with Crippen LogP contribution in [0.5, 0.6) is 11.5 Å². The zero-order valence-corrected chi connectivity index (χ0v) is 12.0. The Kier molecular flexibility index (Phi) is 3.85. The van der Waals surface area contributed by atoms with Crippen molar-refractivity contribution in [1.29, 1.82) is 0 Å². The fourth-order valence-electron chi connectivity index (χ4n) is 2.73. The number of hydrogen-bond acceptors (Lipinski definition) is 3. The van der Waals surface area contributed by atoms with Gasteiger partial charge in [-0.1, -0.05) is 11.6 Å². The van der Waals surface area contributed by atoms with E-state index >= 15 is 0 Å². The summed E-state index contributed by atoms with van der Waals surface area (Å²) in [6.07, 6.45) is 6.21. The van der Waals surface area contributed by atoms with Crippen LogP contribution in [0.1, 0.15) is 43.7 Å². The van der Waals surface area contributed by atoms with E-state index in [1.807, 2.05) is 12.1 Å². The van der Waals surface area contributed by atoms with Gasteiger partial charge in [0.15, 0.2) is 11.5 Å². The highest BCUT2D eigenvalue weighted by Crippen LogP contribution is 2.42. The summed E-state index contributed by atoms with van der Waals surface area (Å²) in [4.78, 5) is 0. The highest BCUT2D eigenvalue weighted by Gasteiger charge is 2.27. The van der Waals surface area contributed by atoms with Crippen LogP contribution in [0.15, 0.2) is 12.1 Å². The molecule has 104 valence electrons. The summed E-state index contributed by atoms with van der Waals surface area (Å²) in [6.45, 7) is 1.06. The number of benzene rings is 1. The van der Waals surface area contributed by atoms with Gasteiger partial charge < -0.3 is 14.8 Å². The fraction of sp³-hybridized carbons (Fsp3) is 0.600. The first kappa shape index (κ1) is 13.1. The minimum absolute atomic E-state index is 0.336. The minimum Gasteiger partial charge on any atom is -0.493 e. The molecule has 0 spiro atoms. The van der Waals surface area contributed by atoms with E-state index in [1.165, 1.54) is 12.8 Å². The molecule has 1 atom stereocenters. The molecule has 0 aromatic heterocycles. The Morgan fingerprint density at radius 3 is 2.63 bits per heavy atom. The van der Waals surface area contributed by atoms with Gasteiger partial charge >= 0.3 is 0 Å². The highest BCUT2D eigenvalue weighted by atomic mass is 35.5. The molecule has 0 bridgehead atoms. The molecule has 1 saturated carbocycles. The number of methoxy groups -OCH3 is 1. The Balaban J connectivity index is 1.95. The van der Waals surface area contributed by atoms with Crippen molar-refractivity contribution < 1.29 is 9.47 Å². The molecular weight excluding hydrogens is 262 g/mol. The van der Waals surface area contributed by atoms with E-state index in [1.54, 1.807) is 7.11 Å². The van der Waals surface area contributed by atoms with Crippen LogP contribution in [0, 0.1) is 0 Å². The van der Waals surface area contributed by atoms with Gasteiger partial charge in [0, 0.05) is 22.7 Å². The predicted octanol–water partition coefficient (Wildman–Crippen LogP) is 3.70. The summed E-state index contributed by atoms with van der Waals surface area (Å²) < 4.78 is 11.6. The summed E-state index contributed by atoms with van der Waals surface area (Å²) in [6, 6.07) is 4.19. The fourth-order valence-corrected chi connectivity index (χ4v) is 2.95. The average molecular weight is 282 g/mol. The van der Waals surface area contributed by atoms with Crippen LogP contribution >= 0.6 is 11.6 Å². The van der Waals surface area contributed by atoms with Crippen molar-refractivity contribution in [3.63, 3.8) is 0 Å². The van der Waals surface area contributed by atoms with Crippen LogP contribution in [0.4, 0.5) is 0 Å². The number of nitrogens with one attached hydrogen (secondary N) is 1. The summed E-state index contributed by atoms with van der Waals surface area (Å²) in [5.74, 6) is 1.64. The van der Waals surface area contributed by atoms with Crippen molar-refractivity contribution in [3.05, 3.63) is 22.7 Å². The molecule has 2 aliphatic rings. The summed E-state index contributed by atoms with van der Waals surface area (Å²) >= 11 is 6.20. The first-order valence-corrected chi connectivity index (χ1v) is 7.43. The Morgan fingerprint density at radius 2 is 2.05 bits per heavy atom. The SMILES string of the molecule is COc1cc(Cl)cc(C2CCCN2)c1OC1CCC1. The molecule has 0 radical (unpaired) electrons. The standard InChI is InChI=1S/C15H20ClNO2/c1-18-14-9-10(16)8-12(13-6-3-7-17-13)15(14)19-11-4-2-5-11/h8-9,11,13,17H,2-7H2,1H3. The molecule has 1 aliphatic carbocycles. The Morgan fingerprint density at radius 1 is 1.21 bits per heavy atom. The zero-order chi connectivity index (χ0) is 13.2. The van der Waals surface area contributed by atoms with Crippen molar-refractivity contribution in [2.75, 3.05) is 13.7 Å². The summed E-state index contributed by atoms with van der Waals surface area (Å²) in [5, 5.41) is 4.22. The van der Waals surface area contributed by atoms with E-state index in [9.17, 15) is 0 Å². The van der Waals surface area contributed by atoms with Gasteiger partial charge in [0.25, 0.3) is 0 Å². The maximum atomic E-state index is 6.20. The minimum atomic E-state index is 0.336. The predicted molar refractivity (Wildman–Crippen MR) is 76.2 cm³/mol. The van der Waals surface area contributed by atoms with E-state index in [2.05, 4.69) is 5.32 Å². The summed E-state index contributed by atoms with van der Waals surface area (Å²) in [7, 11) is 1.67. The number of hydrogen-bond donors (Lipinski definition) is 1. The van der Waals surface area contributed by atoms with Gasteiger partial charge in [0.05, 0.1) is 13.2 Å². The number of halogens is 1. The van der Waals surface area contributed by atoms with E-state index in [0.29, 0.717) is 17.2 Å². The van der Waals surface area contributed by atoms with Crippen molar-refractivity contribution >= 4 is 11.6 Å². The average Bonchev–Trinajstić information content (AvgIpc) is 2.87. The Hall–Kier alpha value is -0.930. The molecular formula is C15H20ClNO2. The Bertz CT molecular complexity index is 454. The molecule has 1 aromatic rings. The van der Waals surface area contributed by atoms with E-state index in [0.717, 1.165) is 42.9 Å². The lowest BCUT2D eigenvalue weighted by Gasteiger charge is -2.29. The number of rotatable bonds is 4. The third-order valence-corrected chi connectivity index (χ3v) is 4.26. The van der Waals surface area contributed by atoms with E-state index in [-0.39, 0.29) is 0 Å². The maximum Gasteiger partial charge on any atom is 0.166 e. The Labute approximate surface area is 119 Å². The van der Waals surface area contributed by atoms with Crippen LogP contribution < -0.4 is 14.8 Å². The molecule has 1 aliphatic heterocycles. The van der Waals surface area contributed by atoms with Crippen LogP contribution in [0.2, 0.25) is 5.02 Å². The van der Waals surface area contributed by atoms with Crippen LogP contribution in [-0.4, -0.2) is 19.8 Å². The van der Waals surface area contributed by atoms with Gasteiger partial charge in [-0.3, -0.25) is 0 Å². The maximum absolute atomic E-state index is 6.20. The molecule has 3 nitrogen and oxygen atoms in total. The van der Waals surface area contributed by atoms with Crippen molar-refractivity contribution in [2.45, 2.75) is 44.2 Å². The molecule has 0 amide bonds. The smallest absolute Gasteiger partial charge is 0.166 e. The molecule has 1 N–H and O–H groups in total. The monoisotopic (exact) mass is 281 g/mol. The summed E-state index contributed by atoms with van der Waals surface area (Å²) in [5.41, 5.74) is 1.15. The second-order valence-electron chi connectivity index (χ2n) is 5.35. The van der Waals surface area contributed by atoms with E-state index in [4.69, 9.17) is 21.1 Å². The van der Waals surface area contributed by atoms with Crippen molar-refractivity contribution in [1.82, 2.24) is 5.32 Å². The van der Waals surface area contributed by atoms with Gasteiger partial charge in [-0.25, -0.2) is 0 Å². The second kappa shape index (κ2) is 5.59. The first-order chi connectivity index (χ1) is 9.28. The topological polar surface area (TPSA) is 30.5 Å². The van der Waals surface area contributed by atoms with Gasteiger partial charge in [-0.2, -0.15) is 0 Å². The molecule has 19 heavy (non-hydrogen) atoms. The lowest BCUT2D eigenvalue weighted by atomic mass is 9.95. The highest BCUT2D eigenvalue weighted by molar-refractivity contribution is 6.30. The molecule has 1 saturated heterocycles. The van der Waals surface area contributed by atoms with Gasteiger partial charge in [-0.15, -0.1) is 0 Å². The zero-order valence-electron chi connectivity index (χ0n) is 11.2. The molecule has 1 heterocycles. The molecule has 3 rings (SSSR count). The largest absolute Gasteiger partial charge is 0.493 e. The third-order valence-electron chi connectivity index (χ3n) is 4.04. The van der Waals surface area contributed by atoms with Crippen LogP contribution in [0.25, 0.3) is 0 Å². The molecule has 4 heteroatoms. The molecule has 1 aromatic carbocycles. The lowest BCUT2D eigenvalue weighted by Crippen LogP contribution is -2.26. The van der Waals surface area contributed by atoms with Crippen molar-refractivity contribution in [2.24, 2.45) is 0 Å². The van der Waals surface area contributed by atoms with Crippen LogP contribution in [-0.2, 0) is 0 Å². The van der Waals surface area contributed by atoms with Gasteiger partial charge in [-0.05, 0) is 44.7 Å². The van der Waals surface area contributed by atoms with Gasteiger partial charge in [0.1, 0.15) is 0 Å². The van der Waals surface area contributed by atoms with Crippen LogP contribution in [0.3, 0.4) is 0 Å². The molecule has 1 unspecified atom stereocenters. The molecule has 2 fully saturated rings. The quantitative estimate of drug-likeness (QED) is 0.913. The lowest BCUT2D eigenvalue weighted by molar-refractivity contribution is 0.114. The van der Waals surface area contributed by atoms with E-state index < -0.39 is 0 Å². The van der Waals surface area contributed by atoms with Gasteiger partial charge in [0.2, 0.25) is 0 Å². The third kappa shape index (κ3) is 2.67. The normalized spacial score (nSPS) is 23.2. The second-order valence-corrected chi connectivity index (χ2v) is 5.78. The van der Waals surface area contributed by atoms with Crippen molar-refractivity contribution in [3.8, 4) is 11.5 Å². The first-order valence-electron chi connectivity index (χ1n) is 7.05.